The highest BCUT2D eigenvalue weighted by atomic mass is 32.2. The molecule has 1 fully saturated rings. The van der Waals surface area contributed by atoms with Crippen LogP contribution in [0.25, 0.3) is 10.9 Å². The molecule has 150 valence electrons. The molecule has 9 heteroatoms. The number of anilines is 2. The number of nitriles is 1. The normalized spacial score (nSPS) is 24.6. The maximum Gasteiger partial charge on any atom is 0.156 e. The Labute approximate surface area is 175 Å². The first-order valence-corrected chi connectivity index (χ1v) is 10.2. The Morgan fingerprint density at radius 3 is 2.97 bits per heavy atom. The number of aliphatic imine (C=N–C) groups is 1. The molecule has 0 saturated heterocycles. The smallest absolute Gasteiger partial charge is 0.156 e. The third kappa shape index (κ3) is 2.95. The number of pyridine rings is 2. The van der Waals surface area contributed by atoms with E-state index >= 15 is 0 Å². The summed E-state index contributed by atoms with van der Waals surface area (Å²) in [6.45, 7) is -0.819. The van der Waals surface area contributed by atoms with Crippen LogP contribution in [0.2, 0.25) is 0 Å². The highest BCUT2D eigenvalue weighted by Gasteiger charge is 2.58. The Kier molecular flexibility index (Phi) is 4.33. The van der Waals surface area contributed by atoms with E-state index < -0.39 is 18.0 Å². The molecule has 1 unspecified atom stereocenters. The number of halogens is 2. The summed E-state index contributed by atoms with van der Waals surface area (Å²) in [7, 11) is 0. The van der Waals surface area contributed by atoms with Crippen molar-refractivity contribution in [1.82, 2.24) is 9.97 Å². The summed E-state index contributed by atoms with van der Waals surface area (Å²) >= 11 is 1.43. The van der Waals surface area contributed by atoms with Gasteiger partial charge in [0.25, 0.3) is 0 Å². The van der Waals surface area contributed by atoms with Crippen molar-refractivity contribution in [2.45, 2.75) is 17.2 Å². The van der Waals surface area contributed by atoms with Crippen molar-refractivity contribution in [1.29, 1.82) is 5.26 Å². The molecule has 1 aliphatic heterocycles. The van der Waals surface area contributed by atoms with Gasteiger partial charge in [0.05, 0.1) is 5.56 Å². The third-order valence-electron chi connectivity index (χ3n) is 5.55. The fraction of sp³-hybridized carbons (Fsp3) is 0.238. The van der Waals surface area contributed by atoms with E-state index in [2.05, 4.69) is 26.3 Å². The monoisotopic (exact) mass is 422 g/mol. The van der Waals surface area contributed by atoms with E-state index in [9.17, 15) is 8.78 Å². The third-order valence-corrected chi connectivity index (χ3v) is 6.71. The van der Waals surface area contributed by atoms with Gasteiger partial charge in [0.1, 0.15) is 29.6 Å². The molecule has 5 rings (SSSR count). The maximum absolute atomic E-state index is 14.8. The van der Waals surface area contributed by atoms with E-state index in [0.29, 0.717) is 22.6 Å². The van der Waals surface area contributed by atoms with Crippen LogP contribution in [0.1, 0.15) is 17.5 Å². The van der Waals surface area contributed by atoms with E-state index in [-0.39, 0.29) is 21.9 Å². The lowest BCUT2D eigenvalue weighted by atomic mass is 9.86. The molecule has 0 spiro atoms. The Bertz CT molecular complexity index is 1240. The molecule has 2 aliphatic rings. The molecule has 3 atom stereocenters. The van der Waals surface area contributed by atoms with Gasteiger partial charge in [-0.25, -0.2) is 18.8 Å². The highest BCUT2D eigenvalue weighted by molar-refractivity contribution is 8.14. The lowest BCUT2D eigenvalue weighted by molar-refractivity contribution is 0.272. The minimum Gasteiger partial charge on any atom is -0.379 e. The number of amidine groups is 1. The molecule has 1 saturated carbocycles. The van der Waals surface area contributed by atoms with Crippen LogP contribution in [0.4, 0.5) is 20.3 Å². The molecule has 0 bridgehead atoms. The van der Waals surface area contributed by atoms with Crippen LogP contribution in [0, 0.1) is 23.1 Å². The van der Waals surface area contributed by atoms with E-state index in [4.69, 9.17) is 11.0 Å². The summed E-state index contributed by atoms with van der Waals surface area (Å²) in [6, 6.07) is 9.96. The van der Waals surface area contributed by atoms with Crippen LogP contribution in [-0.2, 0) is 5.54 Å². The van der Waals surface area contributed by atoms with Gasteiger partial charge in [0, 0.05) is 40.2 Å². The Balaban J connectivity index is 1.56. The van der Waals surface area contributed by atoms with E-state index in [1.165, 1.54) is 24.0 Å². The van der Waals surface area contributed by atoms with Crippen molar-refractivity contribution in [3.63, 3.8) is 0 Å². The molecule has 3 heterocycles. The lowest BCUT2D eigenvalue weighted by Gasteiger charge is -2.31. The zero-order valence-corrected chi connectivity index (χ0v) is 16.5. The molecule has 0 radical (unpaired) electrons. The van der Waals surface area contributed by atoms with Crippen molar-refractivity contribution in [3.8, 4) is 6.07 Å². The first-order valence-electron chi connectivity index (χ1n) is 9.34. The number of fused-ring (bicyclic) bond motifs is 2. The van der Waals surface area contributed by atoms with Gasteiger partial charge in [0.15, 0.2) is 11.0 Å². The Morgan fingerprint density at radius 1 is 1.30 bits per heavy atom. The molecular weight excluding hydrogens is 406 g/mol. The van der Waals surface area contributed by atoms with E-state index in [1.807, 2.05) is 0 Å². The number of benzene rings is 1. The van der Waals surface area contributed by atoms with Crippen LogP contribution in [0.15, 0.2) is 47.7 Å². The summed E-state index contributed by atoms with van der Waals surface area (Å²) in [5, 5.41) is 13.4. The SMILES string of the molecule is N#Cc1cnc2c(Nc3ccc(F)c([C@@]4(CF)N=C(N)S[C@H]5CC54)c3)nccc2c1. The number of nitrogens with one attached hydrogen (secondary N) is 1. The largest absolute Gasteiger partial charge is 0.379 e. The van der Waals surface area contributed by atoms with E-state index in [1.54, 1.807) is 30.5 Å². The predicted octanol–water partition coefficient (Wildman–Crippen LogP) is 4.00. The van der Waals surface area contributed by atoms with Crippen LogP contribution in [-0.4, -0.2) is 27.1 Å². The number of nitrogens with zero attached hydrogens (tertiary/aromatic N) is 4. The summed E-state index contributed by atoms with van der Waals surface area (Å²) in [5.74, 6) is -0.142. The molecule has 0 amide bonds. The zero-order valence-electron chi connectivity index (χ0n) is 15.6. The number of hydrogen-bond donors (Lipinski definition) is 2. The van der Waals surface area contributed by atoms with Gasteiger partial charge < -0.3 is 11.1 Å². The zero-order chi connectivity index (χ0) is 20.9. The Morgan fingerprint density at radius 2 is 2.17 bits per heavy atom. The van der Waals surface area contributed by atoms with Gasteiger partial charge in [-0.15, -0.1) is 0 Å². The highest BCUT2D eigenvalue weighted by Crippen LogP contribution is 2.58. The van der Waals surface area contributed by atoms with Crippen molar-refractivity contribution in [2.75, 3.05) is 12.0 Å². The standard InChI is InChI=1S/C21H16F2N6S/c22-10-21(15-7-17(15)30-20(25)29-21)14-6-13(1-2-16(14)23)28-19-18-12(3-4-26-19)5-11(8-24)9-27-18/h1-6,9,15,17H,7,10H2,(H2,25,29)(H,26,28)/t15?,17-,21+/m0/s1. The topological polar surface area (TPSA) is 100.0 Å². The molecular formula is C21H16F2N6S. The second-order valence-corrected chi connectivity index (χ2v) is 8.65. The van der Waals surface area contributed by atoms with Crippen molar-refractivity contribution in [3.05, 3.63) is 59.7 Å². The molecule has 1 aliphatic carbocycles. The first kappa shape index (κ1) is 18.8. The van der Waals surface area contributed by atoms with Gasteiger partial charge in [-0.1, -0.05) is 11.8 Å². The van der Waals surface area contributed by atoms with Crippen molar-refractivity contribution in [2.24, 2.45) is 16.6 Å². The van der Waals surface area contributed by atoms with Crippen molar-refractivity contribution < 1.29 is 8.78 Å². The predicted molar refractivity (Wildman–Crippen MR) is 113 cm³/mol. The maximum atomic E-state index is 14.8. The number of rotatable bonds is 4. The first-order chi connectivity index (χ1) is 14.5. The van der Waals surface area contributed by atoms with Gasteiger partial charge in [-0.05, 0) is 36.8 Å². The fourth-order valence-corrected chi connectivity index (χ4v) is 5.23. The number of alkyl halides is 1. The molecule has 3 aromatic rings. The number of nitrogens with two attached hydrogens (primary N) is 1. The summed E-state index contributed by atoms with van der Waals surface area (Å²) in [4.78, 5) is 13.0. The van der Waals surface area contributed by atoms with Gasteiger partial charge >= 0.3 is 0 Å². The quantitative estimate of drug-likeness (QED) is 0.659. The second-order valence-electron chi connectivity index (χ2n) is 7.39. The summed E-state index contributed by atoms with van der Waals surface area (Å²) in [5.41, 5.74) is 6.34. The lowest BCUT2D eigenvalue weighted by Crippen LogP contribution is -2.36. The molecule has 6 nitrogen and oxygen atoms in total. The Hall–Kier alpha value is -3.25. The molecule has 2 aromatic heterocycles. The number of thioether (sulfide) groups is 1. The number of hydrogen-bond acceptors (Lipinski definition) is 7. The second kappa shape index (κ2) is 6.92. The molecule has 30 heavy (non-hydrogen) atoms. The minimum absolute atomic E-state index is 0.0775. The van der Waals surface area contributed by atoms with E-state index in [0.717, 1.165) is 11.8 Å². The summed E-state index contributed by atoms with van der Waals surface area (Å²) < 4.78 is 29.1. The minimum atomic E-state index is -1.30. The molecule has 3 N–H and O–H groups in total. The van der Waals surface area contributed by atoms with Crippen LogP contribution >= 0.6 is 11.8 Å². The number of aromatic nitrogens is 2. The van der Waals surface area contributed by atoms with Gasteiger partial charge in [0.2, 0.25) is 0 Å². The van der Waals surface area contributed by atoms with Crippen LogP contribution in [0.5, 0.6) is 0 Å². The molecule has 1 aromatic carbocycles. The average molecular weight is 422 g/mol. The van der Waals surface area contributed by atoms with Crippen LogP contribution in [0.3, 0.4) is 0 Å². The fourth-order valence-electron chi connectivity index (χ4n) is 4.01. The van der Waals surface area contributed by atoms with Gasteiger partial charge in [-0.2, -0.15) is 5.26 Å². The average Bonchev–Trinajstić information content (AvgIpc) is 3.54. The van der Waals surface area contributed by atoms with Crippen LogP contribution < -0.4 is 11.1 Å². The van der Waals surface area contributed by atoms with Gasteiger partial charge in [-0.3, -0.25) is 4.98 Å². The van der Waals surface area contributed by atoms with Crippen molar-refractivity contribution >= 4 is 39.3 Å². The summed E-state index contributed by atoms with van der Waals surface area (Å²) in [6.07, 6.45) is 3.82.